The molecular weight excluding hydrogens is 292 g/mol. The van der Waals surface area contributed by atoms with Crippen LogP contribution in [-0.2, 0) is 14.6 Å². The van der Waals surface area contributed by atoms with Crippen LogP contribution in [0.4, 0.5) is 0 Å². The Morgan fingerprint density at radius 3 is 2.57 bits per heavy atom. The van der Waals surface area contributed by atoms with Crippen molar-refractivity contribution in [3.63, 3.8) is 0 Å². The molecule has 1 aromatic rings. The number of piperazine rings is 1. The second kappa shape index (κ2) is 5.85. The Kier molecular flexibility index (Phi) is 4.32. The molecule has 0 saturated carbocycles. The maximum atomic E-state index is 12.5. The molecule has 7 heteroatoms. The number of hydrogen-bond acceptors (Lipinski definition) is 4. The summed E-state index contributed by atoms with van der Waals surface area (Å²) in [5, 5.41) is 2.02. The van der Waals surface area contributed by atoms with E-state index >= 15 is 0 Å². The molecule has 1 aliphatic heterocycles. The zero-order valence-corrected chi connectivity index (χ0v) is 12.8. The summed E-state index contributed by atoms with van der Waals surface area (Å²) < 4.78 is 24.7. The van der Waals surface area contributed by atoms with Gasteiger partial charge in [-0.1, -0.05) is 12.1 Å². The first kappa shape index (κ1) is 15.5. The van der Waals surface area contributed by atoms with E-state index in [2.05, 4.69) is 5.32 Å². The van der Waals surface area contributed by atoms with E-state index in [0.717, 1.165) is 0 Å². The molecule has 0 spiro atoms. The van der Waals surface area contributed by atoms with E-state index < -0.39 is 21.0 Å². The molecule has 1 heterocycles. The molecule has 1 saturated heterocycles. The lowest BCUT2D eigenvalue weighted by atomic mass is 10.2. The maximum Gasteiger partial charge on any atom is 0.255 e. The van der Waals surface area contributed by atoms with E-state index in [0.29, 0.717) is 13.1 Å². The van der Waals surface area contributed by atoms with Crippen molar-refractivity contribution in [2.45, 2.75) is 24.0 Å². The number of benzene rings is 1. The van der Waals surface area contributed by atoms with Crippen LogP contribution >= 0.6 is 0 Å². The molecule has 6 nitrogen and oxygen atoms in total. The van der Waals surface area contributed by atoms with Crippen LogP contribution in [-0.4, -0.2) is 50.0 Å². The Bertz CT molecular complexity index is 667. The summed E-state index contributed by atoms with van der Waals surface area (Å²) in [6, 6.07) is 6.14. The van der Waals surface area contributed by atoms with Crippen LogP contribution in [0.2, 0.25) is 0 Å². The predicted octanol–water partition coefficient (Wildman–Crippen LogP) is 0.441. The highest BCUT2D eigenvalue weighted by Gasteiger charge is 2.29. The van der Waals surface area contributed by atoms with Crippen LogP contribution in [0.1, 0.15) is 24.2 Å². The fraction of sp³-hybridized carbons (Fsp3) is 0.429. The molecule has 2 rings (SSSR count). The van der Waals surface area contributed by atoms with Crippen molar-refractivity contribution in [1.29, 1.82) is 0 Å². The summed E-state index contributed by atoms with van der Waals surface area (Å²) in [6.45, 7) is 3.86. The summed E-state index contributed by atoms with van der Waals surface area (Å²) in [5.41, 5.74) is 0.126. The van der Waals surface area contributed by atoms with E-state index in [4.69, 9.17) is 0 Å². The Morgan fingerprint density at radius 2 is 1.95 bits per heavy atom. The highest BCUT2D eigenvalue weighted by atomic mass is 32.2. The zero-order chi connectivity index (χ0) is 15.6. The molecule has 1 fully saturated rings. The van der Waals surface area contributed by atoms with Gasteiger partial charge in [0.1, 0.15) is 0 Å². The van der Waals surface area contributed by atoms with Crippen molar-refractivity contribution in [2.24, 2.45) is 0 Å². The SMILES string of the molecule is CC(C)S(=O)(=O)c1ccccc1C(=O)N1CCNC(=O)C1. The number of hydrogen-bond donors (Lipinski definition) is 1. The molecule has 1 aromatic carbocycles. The van der Waals surface area contributed by atoms with Gasteiger partial charge in [-0.25, -0.2) is 8.42 Å². The molecular formula is C14H18N2O4S. The van der Waals surface area contributed by atoms with Crippen LogP contribution in [0.5, 0.6) is 0 Å². The lowest BCUT2D eigenvalue weighted by Gasteiger charge is -2.27. The summed E-state index contributed by atoms with van der Waals surface area (Å²) >= 11 is 0. The predicted molar refractivity (Wildman–Crippen MR) is 77.7 cm³/mol. The van der Waals surface area contributed by atoms with Gasteiger partial charge < -0.3 is 10.2 Å². The van der Waals surface area contributed by atoms with E-state index in [1.807, 2.05) is 0 Å². The fourth-order valence-electron chi connectivity index (χ4n) is 2.13. The highest BCUT2D eigenvalue weighted by Crippen LogP contribution is 2.22. The summed E-state index contributed by atoms with van der Waals surface area (Å²) in [4.78, 5) is 25.3. The minimum absolute atomic E-state index is 0.0241. The third-order valence-corrected chi connectivity index (χ3v) is 5.58. The van der Waals surface area contributed by atoms with Crippen LogP contribution < -0.4 is 5.32 Å². The van der Waals surface area contributed by atoms with E-state index in [-0.39, 0.29) is 22.9 Å². The molecule has 0 unspecified atom stereocenters. The molecule has 2 amide bonds. The molecule has 0 atom stereocenters. The lowest BCUT2D eigenvalue weighted by Crippen LogP contribution is -2.50. The molecule has 1 aliphatic rings. The molecule has 0 radical (unpaired) electrons. The van der Waals surface area contributed by atoms with Crippen LogP contribution in [0, 0.1) is 0 Å². The van der Waals surface area contributed by atoms with Gasteiger partial charge >= 0.3 is 0 Å². The maximum absolute atomic E-state index is 12.5. The second-order valence-electron chi connectivity index (χ2n) is 5.17. The van der Waals surface area contributed by atoms with Crippen LogP contribution in [0.15, 0.2) is 29.2 Å². The van der Waals surface area contributed by atoms with Gasteiger partial charge in [0.25, 0.3) is 5.91 Å². The summed E-state index contributed by atoms with van der Waals surface area (Å²) in [7, 11) is -3.55. The minimum Gasteiger partial charge on any atom is -0.353 e. The molecule has 114 valence electrons. The summed E-state index contributed by atoms with van der Waals surface area (Å²) in [5.74, 6) is -0.663. The van der Waals surface area contributed by atoms with E-state index in [1.165, 1.54) is 17.0 Å². The molecule has 0 aliphatic carbocycles. The van der Waals surface area contributed by atoms with Gasteiger partial charge in [-0.3, -0.25) is 9.59 Å². The monoisotopic (exact) mass is 310 g/mol. The number of carbonyl (C=O) groups excluding carboxylic acids is 2. The van der Waals surface area contributed by atoms with Crippen molar-refractivity contribution in [1.82, 2.24) is 10.2 Å². The van der Waals surface area contributed by atoms with Gasteiger partial charge in [0.2, 0.25) is 5.91 Å². The largest absolute Gasteiger partial charge is 0.353 e. The second-order valence-corrected chi connectivity index (χ2v) is 7.64. The number of amides is 2. The van der Waals surface area contributed by atoms with Crippen molar-refractivity contribution in [3.8, 4) is 0 Å². The minimum atomic E-state index is -3.55. The fourth-order valence-corrected chi connectivity index (χ4v) is 3.37. The quantitative estimate of drug-likeness (QED) is 0.878. The molecule has 21 heavy (non-hydrogen) atoms. The van der Waals surface area contributed by atoms with Gasteiger partial charge in [-0.15, -0.1) is 0 Å². The Labute approximate surface area is 124 Å². The Balaban J connectivity index is 2.41. The first-order valence-electron chi connectivity index (χ1n) is 6.73. The van der Waals surface area contributed by atoms with Crippen molar-refractivity contribution >= 4 is 21.7 Å². The Morgan fingerprint density at radius 1 is 1.29 bits per heavy atom. The van der Waals surface area contributed by atoms with Crippen molar-refractivity contribution < 1.29 is 18.0 Å². The van der Waals surface area contributed by atoms with Crippen LogP contribution in [0.3, 0.4) is 0 Å². The highest BCUT2D eigenvalue weighted by molar-refractivity contribution is 7.92. The molecule has 0 aromatic heterocycles. The first-order valence-corrected chi connectivity index (χ1v) is 8.27. The average Bonchev–Trinajstić information content (AvgIpc) is 2.46. The number of carbonyl (C=O) groups is 2. The molecule has 1 N–H and O–H groups in total. The summed E-state index contributed by atoms with van der Waals surface area (Å²) in [6.07, 6.45) is 0. The van der Waals surface area contributed by atoms with Gasteiger partial charge in [0.05, 0.1) is 22.3 Å². The third-order valence-electron chi connectivity index (χ3n) is 3.37. The smallest absolute Gasteiger partial charge is 0.255 e. The number of sulfone groups is 1. The van der Waals surface area contributed by atoms with Crippen molar-refractivity contribution in [2.75, 3.05) is 19.6 Å². The Hall–Kier alpha value is -1.89. The van der Waals surface area contributed by atoms with Gasteiger partial charge in [-0.2, -0.15) is 0 Å². The van der Waals surface area contributed by atoms with Crippen molar-refractivity contribution in [3.05, 3.63) is 29.8 Å². The topological polar surface area (TPSA) is 83.6 Å². The van der Waals surface area contributed by atoms with Gasteiger partial charge in [0, 0.05) is 13.1 Å². The average molecular weight is 310 g/mol. The van der Waals surface area contributed by atoms with E-state index in [1.54, 1.807) is 26.0 Å². The number of nitrogens with one attached hydrogen (secondary N) is 1. The number of nitrogens with zero attached hydrogens (tertiary/aromatic N) is 1. The third kappa shape index (κ3) is 3.07. The number of rotatable bonds is 3. The first-order chi connectivity index (χ1) is 9.84. The van der Waals surface area contributed by atoms with E-state index in [9.17, 15) is 18.0 Å². The van der Waals surface area contributed by atoms with Gasteiger partial charge in [-0.05, 0) is 26.0 Å². The normalized spacial score (nSPS) is 16.0. The lowest BCUT2D eigenvalue weighted by molar-refractivity contribution is -0.123. The van der Waals surface area contributed by atoms with Crippen LogP contribution in [0.25, 0.3) is 0 Å². The van der Waals surface area contributed by atoms with Gasteiger partial charge in [0.15, 0.2) is 9.84 Å². The standard InChI is InChI=1S/C14H18N2O4S/c1-10(2)21(19,20)12-6-4-3-5-11(12)14(18)16-8-7-15-13(17)9-16/h3-6,10H,7-9H2,1-2H3,(H,15,17). The zero-order valence-electron chi connectivity index (χ0n) is 12.0. The molecule has 0 bridgehead atoms.